The Kier molecular flexibility index (Phi) is 9.11. The number of para-hydroxylation sites is 1. The summed E-state index contributed by atoms with van der Waals surface area (Å²) < 4.78 is 103. The number of alkyl halides is 2. The van der Waals surface area contributed by atoms with E-state index in [2.05, 4.69) is 4.98 Å². The van der Waals surface area contributed by atoms with Crippen molar-refractivity contribution >= 4 is 51.7 Å². The Morgan fingerprint density at radius 3 is 2.15 bits per heavy atom. The van der Waals surface area contributed by atoms with Crippen LogP contribution in [-0.2, 0) is 36.1 Å². The van der Waals surface area contributed by atoms with Gasteiger partial charge in [-0.3, -0.25) is 14.4 Å². The van der Waals surface area contributed by atoms with Crippen molar-refractivity contribution in [2.75, 3.05) is 19.1 Å². The molecule has 3 aliphatic rings. The molecule has 2 aromatic heterocycles. The molecule has 0 spiro atoms. The number of phenols is 1. The van der Waals surface area contributed by atoms with E-state index in [1.165, 1.54) is 38.0 Å². The number of benzene rings is 3. The molecule has 14 nitrogen and oxygen atoms in total. The maximum atomic E-state index is 15.3. The average molecular weight is 868 g/mol. The lowest BCUT2D eigenvalue weighted by atomic mass is 9.64. The second-order valence-electron chi connectivity index (χ2n) is 13.9. The molecule has 2 aliphatic heterocycles. The number of nitrogens with zero attached hydrogens (tertiary/aromatic N) is 6. The maximum Gasteiger partial charge on any atom is 0.347 e. The summed E-state index contributed by atoms with van der Waals surface area (Å²) in [5, 5.41) is 11.0. The van der Waals surface area contributed by atoms with Crippen LogP contribution in [0.4, 0.5) is 32.0 Å². The fourth-order valence-corrected chi connectivity index (χ4v) is 9.17. The van der Waals surface area contributed by atoms with E-state index in [0.717, 1.165) is 32.1 Å². The minimum absolute atomic E-state index is 0.0549. The molecule has 8 rings (SSSR count). The fourth-order valence-electron chi connectivity index (χ4n) is 8.27. The predicted molar refractivity (Wildman–Crippen MR) is 195 cm³/mol. The Morgan fingerprint density at radius 2 is 1.51 bits per heavy atom. The van der Waals surface area contributed by atoms with Crippen LogP contribution >= 0.6 is 23.2 Å². The van der Waals surface area contributed by atoms with E-state index in [0.29, 0.717) is 22.5 Å². The van der Waals surface area contributed by atoms with Gasteiger partial charge in [0.15, 0.2) is 56.1 Å². The number of amides is 2. The van der Waals surface area contributed by atoms with Crippen LogP contribution < -0.4 is 31.3 Å². The molecule has 0 radical (unpaired) electrons. The largest absolute Gasteiger partial charge is 0.505 e. The third kappa shape index (κ3) is 5.20. The van der Waals surface area contributed by atoms with Crippen LogP contribution in [-0.4, -0.2) is 64.4 Å². The predicted octanol–water partition coefficient (Wildman–Crippen LogP) is 4.06. The zero-order chi connectivity index (χ0) is 42.8. The molecule has 1 N–H and O–H groups in total. The molecule has 22 heteroatoms. The molecule has 4 heterocycles. The van der Waals surface area contributed by atoms with E-state index in [9.17, 15) is 46.6 Å². The van der Waals surface area contributed by atoms with E-state index < -0.39 is 127 Å². The van der Waals surface area contributed by atoms with Crippen LogP contribution in [0.3, 0.4) is 0 Å². The first kappa shape index (κ1) is 39.8. The molecule has 4 unspecified atom stereocenters. The summed E-state index contributed by atoms with van der Waals surface area (Å²) in [6.07, 6.45) is 0.0931. The first-order valence-corrected chi connectivity index (χ1v) is 18.1. The van der Waals surface area contributed by atoms with Gasteiger partial charge in [0.25, 0.3) is 17.4 Å². The molecule has 308 valence electrons. The molecule has 3 aromatic carbocycles. The molecule has 2 amide bonds. The Balaban J connectivity index is 1.26. The summed E-state index contributed by atoms with van der Waals surface area (Å²) in [5.41, 5.74) is -4.53. The lowest BCUT2D eigenvalue weighted by Gasteiger charge is -2.49. The first-order valence-electron chi connectivity index (χ1n) is 17.3. The summed E-state index contributed by atoms with van der Waals surface area (Å²) in [6, 6.07) is 4.49. The molecule has 1 saturated heterocycles. The first-order chi connectivity index (χ1) is 27.8. The van der Waals surface area contributed by atoms with Crippen LogP contribution in [0.25, 0.3) is 11.0 Å². The SMILES string of the molecule is COc1cc2nc(CCn3c(=O)n4n(c3=O)C3CC5(Cl)C(=O)N(c6c(F)c(F)c(F)c(F)c6F)C(=O)C5(Cl)C(c5cccc(F)c5O)C3=CC4)c(=O)n(C)c2cc1OC. The monoisotopic (exact) mass is 866 g/mol. The van der Waals surface area contributed by atoms with Crippen molar-refractivity contribution in [3.8, 4) is 17.2 Å². The van der Waals surface area contributed by atoms with Gasteiger partial charge in [-0.05, 0) is 11.6 Å². The van der Waals surface area contributed by atoms with E-state index in [1.807, 2.05) is 0 Å². The number of carbonyl (C=O) groups is 2. The zero-order valence-corrected chi connectivity index (χ0v) is 32.0. The molecule has 2 fully saturated rings. The van der Waals surface area contributed by atoms with E-state index in [4.69, 9.17) is 32.7 Å². The Bertz CT molecular complexity index is 2920. The van der Waals surface area contributed by atoms with Gasteiger partial charge in [0.2, 0.25) is 5.82 Å². The number of carbonyl (C=O) groups excluding carboxylic acids is 2. The molecular formula is C37H26Cl2F6N6O8. The third-order valence-corrected chi connectivity index (χ3v) is 12.5. The molecule has 59 heavy (non-hydrogen) atoms. The van der Waals surface area contributed by atoms with Gasteiger partial charge in [-0.2, -0.15) is 0 Å². The number of hydrogen-bond acceptors (Lipinski definition) is 9. The number of hydrogen-bond donors (Lipinski definition) is 1. The second-order valence-corrected chi connectivity index (χ2v) is 15.2. The minimum Gasteiger partial charge on any atom is -0.505 e. The van der Waals surface area contributed by atoms with Gasteiger partial charge in [-0.15, -0.1) is 23.2 Å². The van der Waals surface area contributed by atoms with Crippen molar-refractivity contribution < 1.29 is 50.5 Å². The normalized spacial score (nSPS) is 22.4. The Morgan fingerprint density at radius 1 is 0.881 bits per heavy atom. The highest BCUT2D eigenvalue weighted by Crippen LogP contribution is 2.65. The van der Waals surface area contributed by atoms with Gasteiger partial charge in [-0.25, -0.2) is 59.7 Å². The summed E-state index contributed by atoms with van der Waals surface area (Å²) in [6.45, 7) is -0.873. The van der Waals surface area contributed by atoms with Crippen molar-refractivity contribution in [2.45, 2.75) is 47.6 Å². The summed E-state index contributed by atoms with van der Waals surface area (Å²) in [7, 11) is 4.29. The highest BCUT2D eigenvalue weighted by Gasteiger charge is 2.76. The highest BCUT2D eigenvalue weighted by molar-refractivity contribution is 6.58. The van der Waals surface area contributed by atoms with Gasteiger partial charge in [0.1, 0.15) is 11.4 Å². The lowest BCUT2D eigenvalue weighted by molar-refractivity contribution is -0.122. The number of anilines is 1. The smallest absolute Gasteiger partial charge is 0.347 e. The number of phenolic OH excluding ortho intramolecular Hbond substituents is 1. The van der Waals surface area contributed by atoms with Crippen LogP contribution in [0.2, 0.25) is 0 Å². The van der Waals surface area contributed by atoms with Crippen LogP contribution in [0, 0.1) is 34.9 Å². The zero-order valence-electron chi connectivity index (χ0n) is 30.5. The van der Waals surface area contributed by atoms with Crippen LogP contribution in [0.15, 0.2) is 56.4 Å². The van der Waals surface area contributed by atoms with Crippen molar-refractivity contribution in [1.82, 2.24) is 23.5 Å². The average Bonchev–Trinajstić information content (AvgIpc) is 3.54. The standard InChI is InChI=1S/C37H26Cl2F6N6O8/c1-47-19-12-22(59-3)21(58-2)11-18(19)46-17(31(47)53)8-9-48-34(56)49-10-7-14-20(51(49)35(48)57)13-36(38)32(54)50(29-27(44)25(42)24(41)26(43)28(29)45)33(55)37(36,39)23(14)15-5-4-6-16(40)30(15)52/h4-7,11-12,20,23,52H,8-10,13H2,1-3H3. The van der Waals surface area contributed by atoms with E-state index >= 15 is 8.78 Å². The molecule has 1 aliphatic carbocycles. The van der Waals surface area contributed by atoms with Crippen LogP contribution in [0.5, 0.6) is 17.2 Å². The lowest BCUT2D eigenvalue weighted by Crippen LogP contribution is -2.59. The number of aromatic nitrogens is 5. The molecule has 0 bridgehead atoms. The van der Waals surface area contributed by atoms with Crippen LogP contribution in [0.1, 0.15) is 29.6 Å². The molecule has 4 atom stereocenters. The van der Waals surface area contributed by atoms with Crippen molar-refractivity contribution in [2.24, 2.45) is 7.05 Å². The van der Waals surface area contributed by atoms with Gasteiger partial charge >= 0.3 is 11.4 Å². The van der Waals surface area contributed by atoms with E-state index in [-0.39, 0.29) is 17.7 Å². The summed E-state index contributed by atoms with van der Waals surface area (Å²) in [5.74, 6) is -20.1. The van der Waals surface area contributed by atoms with Gasteiger partial charge in [0, 0.05) is 50.0 Å². The molecule has 5 aromatic rings. The number of fused-ring (bicyclic) bond motifs is 5. The second kappa shape index (κ2) is 13.5. The fraction of sp³-hybridized carbons (Fsp3) is 0.297. The van der Waals surface area contributed by atoms with E-state index in [1.54, 1.807) is 6.07 Å². The van der Waals surface area contributed by atoms with Gasteiger partial charge in [0.05, 0.1) is 37.8 Å². The molecule has 1 saturated carbocycles. The number of halogens is 8. The quantitative estimate of drug-likeness (QED) is 0.0636. The van der Waals surface area contributed by atoms with Crippen molar-refractivity contribution in [1.29, 1.82) is 0 Å². The highest BCUT2D eigenvalue weighted by atomic mass is 35.5. The number of allylic oxidation sites excluding steroid dienone is 2. The van der Waals surface area contributed by atoms with Crippen molar-refractivity contribution in [3.05, 3.63) is 119 Å². The maximum absolute atomic E-state index is 15.3. The topological polar surface area (TPSA) is 160 Å². The summed E-state index contributed by atoms with van der Waals surface area (Å²) in [4.78, 5) is 68.3. The molecular weight excluding hydrogens is 841 g/mol. The van der Waals surface area contributed by atoms with Gasteiger partial charge < -0.3 is 19.1 Å². The van der Waals surface area contributed by atoms with Crippen molar-refractivity contribution in [3.63, 3.8) is 0 Å². The Labute approximate surface area is 335 Å². The number of aryl methyl sites for hydroxylation is 2. The number of imide groups is 1. The summed E-state index contributed by atoms with van der Waals surface area (Å²) >= 11 is 14.0. The number of aromatic hydroxyl groups is 1. The number of rotatable bonds is 7. The van der Waals surface area contributed by atoms with Gasteiger partial charge in [-0.1, -0.05) is 18.2 Å². The number of ether oxygens (including phenoxy) is 2. The number of methoxy groups -OCH3 is 2. The minimum atomic E-state index is -3.00. The Hall–Kier alpha value is -6.02. The third-order valence-electron chi connectivity index (χ3n) is 11.1.